The molecular weight excluding hydrogens is 384 g/mol. The fourth-order valence-corrected chi connectivity index (χ4v) is 5.39. The monoisotopic (exact) mass is 404 g/mol. The Balaban J connectivity index is 1.47. The Morgan fingerprint density at radius 3 is 3.00 bits per heavy atom. The highest BCUT2D eigenvalue weighted by atomic mass is 79.9. The van der Waals surface area contributed by atoms with Gasteiger partial charge in [0.1, 0.15) is 15.9 Å². The number of aromatic nitrogens is 3. The fraction of sp³-hybridized carbons (Fsp3) is 0.588. The first-order valence-corrected chi connectivity index (χ1v) is 9.75. The Labute approximate surface area is 154 Å². The molecule has 2 aromatic heterocycles. The topological polar surface area (TPSA) is 79.8 Å². The molecular formula is C17H21BrN6O. The molecule has 2 N–H and O–H groups in total. The van der Waals surface area contributed by atoms with Gasteiger partial charge in [0.05, 0.1) is 6.04 Å². The van der Waals surface area contributed by atoms with Gasteiger partial charge in [0.2, 0.25) is 5.91 Å². The summed E-state index contributed by atoms with van der Waals surface area (Å²) in [6, 6.07) is 0.470. The van der Waals surface area contributed by atoms with Crippen molar-refractivity contribution in [1.82, 2.24) is 24.2 Å². The highest BCUT2D eigenvalue weighted by molar-refractivity contribution is 9.10. The highest BCUT2D eigenvalue weighted by Crippen LogP contribution is 2.37. The third kappa shape index (κ3) is 2.30. The number of carbonyl (C=O) groups is 1. The van der Waals surface area contributed by atoms with Crippen LogP contribution in [0.5, 0.6) is 0 Å². The van der Waals surface area contributed by atoms with Crippen LogP contribution in [0.25, 0.3) is 5.52 Å². The van der Waals surface area contributed by atoms with E-state index in [1.807, 2.05) is 10.6 Å². The number of imidazole rings is 1. The Morgan fingerprint density at radius 2 is 2.12 bits per heavy atom. The van der Waals surface area contributed by atoms with Gasteiger partial charge in [0.25, 0.3) is 0 Å². The number of nitrogens with zero attached hydrogens (tertiary/aromatic N) is 5. The minimum absolute atomic E-state index is 0.110. The zero-order valence-electron chi connectivity index (χ0n) is 13.9. The first kappa shape index (κ1) is 15.6. The molecule has 25 heavy (non-hydrogen) atoms. The molecule has 0 radical (unpaired) electrons. The van der Waals surface area contributed by atoms with Crippen LogP contribution < -0.4 is 5.73 Å². The summed E-state index contributed by atoms with van der Waals surface area (Å²) in [5, 5.41) is 0. The number of anilines is 1. The summed E-state index contributed by atoms with van der Waals surface area (Å²) in [6.45, 7) is 2.86. The van der Waals surface area contributed by atoms with Crippen LogP contribution in [0.2, 0.25) is 0 Å². The number of nitrogens with two attached hydrogens (primary N) is 1. The number of carbonyl (C=O) groups excluding carboxylic acids is 1. The third-order valence-electron chi connectivity index (χ3n) is 6.02. The Morgan fingerprint density at radius 1 is 1.24 bits per heavy atom. The summed E-state index contributed by atoms with van der Waals surface area (Å²) in [5.41, 5.74) is 6.83. The molecule has 0 aromatic carbocycles. The first-order valence-electron chi connectivity index (χ1n) is 8.96. The molecule has 0 aliphatic carbocycles. The number of hydrogen-bond acceptors (Lipinski definition) is 5. The molecule has 132 valence electrons. The molecule has 7 nitrogen and oxygen atoms in total. The van der Waals surface area contributed by atoms with Gasteiger partial charge in [-0.1, -0.05) is 0 Å². The lowest BCUT2D eigenvalue weighted by molar-refractivity contribution is -0.146. The van der Waals surface area contributed by atoms with Crippen LogP contribution in [0.4, 0.5) is 5.82 Å². The van der Waals surface area contributed by atoms with Gasteiger partial charge in [-0.05, 0) is 48.2 Å². The molecule has 2 aromatic rings. The second-order valence-corrected chi connectivity index (χ2v) is 8.11. The smallest absolute Gasteiger partial charge is 0.240 e. The van der Waals surface area contributed by atoms with E-state index in [0.29, 0.717) is 17.8 Å². The maximum absolute atomic E-state index is 13.0. The van der Waals surface area contributed by atoms with Gasteiger partial charge in [-0.3, -0.25) is 14.1 Å². The largest absolute Gasteiger partial charge is 0.382 e. The van der Waals surface area contributed by atoms with E-state index in [2.05, 4.69) is 30.7 Å². The number of hydrogen-bond donors (Lipinski definition) is 1. The molecule has 0 bridgehead atoms. The van der Waals surface area contributed by atoms with Gasteiger partial charge in [0, 0.05) is 37.4 Å². The second kappa shape index (κ2) is 5.67. The number of nitrogen functional groups attached to an aromatic ring is 1. The van der Waals surface area contributed by atoms with Crippen LogP contribution in [0.3, 0.4) is 0 Å². The summed E-state index contributed by atoms with van der Waals surface area (Å²) in [4.78, 5) is 26.3. The Bertz CT molecular complexity index is 851. The quantitative estimate of drug-likeness (QED) is 0.780. The van der Waals surface area contributed by atoms with Crippen molar-refractivity contribution < 1.29 is 4.79 Å². The Kier molecular flexibility index (Phi) is 3.53. The van der Waals surface area contributed by atoms with Crippen LogP contribution in [0.15, 0.2) is 17.0 Å². The number of amides is 1. The minimum atomic E-state index is 0.110. The van der Waals surface area contributed by atoms with Gasteiger partial charge < -0.3 is 10.6 Å². The van der Waals surface area contributed by atoms with Gasteiger partial charge in [-0.15, -0.1) is 0 Å². The molecule has 8 heteroatoms. The van der Waals surface area contributed by atoms with Gasteiger partial charge in [-0.2, -0.15) is 0 Å². The molecule has 0 unspecified atom stereocenters. The fourth-order valence-electron chi connectivity index (χ4n) is 4.81. The zero-order valence-corrected chi connectivity index (χ0v) is 15.5. The predicted molar refractivity (Wildman–Crippen MR) is 97.2 cm³/mol. The molecule has 3 saturated heterocycles. The van der Waals surface area contributed by atoms with E-state index < -0.39 is 0 Å². The number of piperidine rings is 1. The SMILES string of the molecule is Nc1nccn2c([C@@H]3CC[C@H]4CN5CCC[C@H]5C(=O)N4C3)nc(Br)c12. The van der Waals surface area contributed by atoms with Gasteiger partial charge in [0.15, 0.2) is 5.82 Å². The van der Waals surface area contributed by atoms with Crippen molar-refractivity contribution in [2.45, 2.75) is 43.7 Å². The van der Waals surface area contributed by atoms with Crippen molar-refractivity contribution in [1.29, 1.82) is 0 Å². The van der Waals surface area contributed by atoms with E-state index in [1.54, 1.807) is 6.20 Å². The van der Waals surface area contributed by atoms with Crippen molar-refractivity contribution in [2.24, 2.45) is 0 Å². The van der Waals surface area contributed by atoms with Crippen molar-refractivity contribution in [3.63, 3.8) is 0 Å². The minimum Gasteiger partial charge on any atom is -0.382 e. The maximum Gasteiger partial charge on any atom is 0.240 e. The maximum atomic E-state index is 13.0. The standard InChI is InChI=1S/C17H21BrN6O/c18-14-13-15(19)20-5-7-23(13)16(21-14)10-3-4-11-9-22-6-1-2-12(22)17(25)24(11)8-10/h5,7,10-12H,1-4,6,8-9H2,(H2,19,20)/t10-,11+,12+/m1/s1. The van der Waals surface area contributed by atoms with Crippen LogP contribution in [0, 0.1) is 0 Å². The van der Waals surface area contributed by atoms with Crippen molar-refractivity contribution >= 4 is 33.2 Å². The van der Waals surface area contributed by atoms with Gasteiger partial charge >= 0.3 is 0 Å². The summed E-state index contributed by atoms with van der Waals surface area (Å²) >= 11 is 3.51. The first-order chi connectivity index (χ1) is 12.1. The van der Waals surface area contributed by atoms with E-state index in [4.69, 9.17) is 10.7 Å². The number of halogens is 1. The van der Waals surface area contributed by atoms with Crippen LogP contribution in [0.1, 0.15) is 37.4 Å². The number of fused-ring (bicyclic) bond motifs is 3. The second-order valence-electron chi connectivity index (χ2n) is 7.36. The summed E-state index contributed by atoms with van der Waals surface area (Å²) in [5.74, 6) is 1.99. The lowest BCUT2D eigenvalue weighted by Gasteiger charge is -2.47. The van der Waals surface area contributed by atoms with E-state index in [9.17, 15) is 4.79 Å². The van der Waals surface area contributed by atoms with E-state index in [-0.39, 0.29) is 12.0 Å². The van der Waals surface area contributed by atoms with Crippen molar-refractivity contribution in [3.8, 4) is 0 Å². The predicted octanol–water partition coefficient (Wildman–Crippen LogP) is 1.63. The average molecular weight is 405 g/mol. The number of piperazine rings is 1. The molecule has 3 atom stereocenters. The average Bonchev–Trinajstić information content (AvgIpc) is 3.20. The number of rotatable bonds is 1. The molecule has 3 fully saturated rings. The van der Waals surface area contributed by atoms with E-state index >= 15 is 0 Å². The lowest BCUT2D eigenvalue weighted by Crippen LogP contribution is -2.61. The highest BCUT2D eigenvalue weighted by Gasteiger charge is 2.45. The van der Waals surface area contributed by atoms with E-state index in [1.165, 1.54) is 0 Å². The molecule has 5 rings (SSSR count). The van der Waals surface area contributed by atoms with Crippen molar-refractivity contribution in [3.05, 3.63) is 22.8 Å². The van der Waals surface area contributed by atoms with Crippen molar-refractivity contribution in [2.75, 3.05) is 25.4 Å². The molecule has 0 spiro atoms. The summed E-state index contributed by atoms with van der Waals surface area (Å²) < 4.78 is 2.75. The summed E-state index contributed by atoms with van der Waals surface area (Å²) in [7, 11) is 0. The Hall–Kier alpha value is -1.67. The molecule has 5 heterocycles. The summed E-state index contributed by atoms with van der Waals surface area (Å²) in [6.07, 6.45) is 7.83. The molecule has 0 saturated carbocycles. The molecule has 3 aliphatic rings. The van der Waals surface area contributed by atoms with E-state index in [0.717, 1.165) is 61.3 Å². The zero-order chi connectivity index (χ0) is 17.1. The lowest BCUT2D eigenvalue weighted by atomic mass is 9.89. The normalized spacial score (nSPS) is 29.9. The van der Waals surface area contributed by atoms with Gasteiger partial charge in [-0.25, -0.2) is 9.97 Å². The van der Waals surface area contributed by atoms with Crippen LogP contribution in [-0.4, -0.2) is 61.8 Å². The third-order valence-corrected chi connectivity index (χ3v) is 6.57. The van der Waals surface area contributed by atoms with Crippen LogP contribution >= 0.6 is 15.9 Å². The molecule has 1 amide bonds. The van der Waals surface area contributed by atoms with Crippen LogP contribution in [-0.2, 0) is 4.79 Å². The molecule has 3 aliphatic heterocycles.